The highest BCUT2D eigenvalue weighted by Gasteiger charge is 2.29. The predicted molar refractivity (Wildman–Crippen MR) is 130 cm³/mol. The van der Waals surface area contributed by atoms with Crippen LogP contribution in [-0.4, -0.2) is 34.8 Å². The fraction of sp³-hybridized carbons (Fsp3) is 0.179. The number of hydrogen-bond acceptors (Lipinski definition) is 4. The van der Waals surface area contributed by atoms with Gasteiger partial charge in [0, 0.05) is 23.4 Å². The van der Waals surface area contributed by atoms with Crippen LogP contribution in [0, 0.1) is 6.92 Å². The third kappa shape index (κ3) is 4.22. The summed E-state index contributed by atoms with van der Waals surface area (Å²) in [6.45, 7) is 2.05. The summed E-state index contributed by atoms with van der Waals surface area (Å²) in [5, 5.41) is 13.1. The number of aromatic nitrogens is 1. The van der Waals surface area contributed by atoms with E-state index >= 15 is 0 Å². The summed E-state index contributed by atoms with van der Waals surface area (Å²) in [5.74, 6) is -1.20. The van der Waals surface area contributed by atoms with E-state index in [1.807, 2.05) is 73.7 Å². The number of benzene rings is 3. The Bertz CT molecular complexity index is 1350. The first-order chi connectivity index (χ1) is 16.5. The average Bonchev–Trinajstić information content (AvgIpc) is 3.16. The summed E-state index contributed by atoms with van der Waals surface area (Å²) in [6.07, 6.45) is -0.601. The van der Waals surface area contributed by atoms with Crippen molar-refractivity contribution in [3.05, 3.63) is 101 Å². The Hall–Kier alpha value is -4.19. The molecule has 1 atom stereocenters. The van der Waals surface area contributed by atoms with Crippen molar-refractivity contribution in [1.82, 2.24) is 10.3 Å². The summed E-state index contributed by atoms with van der Waals surface area (Å²) in [6, 6.07) is 24.5. The lowest BCUT2D eigenvalue weighted by Crippen LogP contribution is -2.42. The Balaban J connectivity index is 1.27. The molecule has 1 aliphatic rings. The van der Waals surface area contributed by atoms with E-state index in [9.17, 15) is 14.7 Å². The third-order valence-electron chi connectivity index (χ3n) is 6.27. The lowest BCUT2D eigenvalue weighted by molar-refractivity contribution is -0.139. The number of carbonyl (C=O) groups excluding carboxylic acids is 1. The standard InChI is InChI=1S/C28H24N2O4/c1-17-10-12-19-14-18(11-13-25(19)29-17)15-26(27(31)32)30-28(33)34-16-24-22-8-4-2-6-20(22)21-7-3-5-9-23(21)24/h2-14,24,26H,15-16H2,1H3,(H,30,33)(H,31,32). The maximum Gasteiger partial charge on any atom is 0.407 e. The monoisotopic (exact) mass is 452 g/mol. The van der Waals surface area contributed by atoms with Crippen LogP contribution in [0.15, 0.2) is 78.9 Å². The second kappa shape index (κ2) is 8.98. The number of aryl methyl sites for hydroxylation is 1. The predicted octanol–water partition coefficient (Wildman–Crippen LogP) is 5.08. The smallest absolute Gasteiger partial charge is 0.407 e. The Morgan fingerprint density at radius 3 is 2.32 bits per heavy atom. The highest BCUT2D eigenvalue weighted by molar-refractivity contribution is 5.82. The van der Waals surface area contributed by atoms with Gasteiger partial charge in [0.1, 0.15) is 12.6 Å². The van der Waals surface area contributed by atoms with Crippen molar-refractivity contribution < 1.29 is 19.4 Å². The SMILES string of the molecule is Cc1ccc2cc(CC(NC(=O)OCC3c4ccccc4-c4ccccc43)C(=O)O)ccc2n1. The lowest BCUT2D eigenvalue weighted by Gasteiger charge is -2.17. The van der Waals surface area contributed by atoms with Gasteiger partial charge >= 0.3 is 12.1 Å². The molecule has 0 bridgehead atoms. The van der Waals surface area contributed by atoms with Crippen LogP contribution >= 0.6 is 0 Å². The zero-order valence-corrected chi connectivity index (χ0v) is 18.7. The highest BCUT2D eigenvalue weighted by Crippen LogP contribution is 2.44. The van der Waals surface area contributed by atoms with Gasteiger partial charge in [0.2, 0.25) is 0 Å². The number of aliphatic carboxylic acids is 1. The number of hydrogen-bond donors (Lipinski definition) is 2. The number of amides is 1. The molecule has 1 heterocycles. The van der Waals surface area contributed by atoms with Crippen LogP contribution in [-0.2, 0) is 16.0 Å². The number of pyridine rings is 1. The number of alkyl carbamates (subject to hydrolysis) is 1. The summed E-state index contributed by atoms with van der Waals surface area (Å²) in [4.78, 5) is 28.9. The number of nitrogens with one attached hydrogen (secondary N) is 1. The number of fused-ring (bicyclic) bond motifs is 4. The minimum Gasteiger partial charge on any atom is -0.480 e. The molecule has 6 nitrogen and oxygen atoms in total. The van der Waals surface area contributed by atoms with Crippen LogP contribution < -0.4 is 5.32 Å². The second-order valence-electron chi connectivity index (χ2n) is 8.54. The molecule has 1 amide bonds. The van der Waals surface area contributed by atoms with Crippen molar-refractivity contribution >= 4 is 23.0 Å². The lowest BCUT2D eigenvalue weighted by atomic mass is 9.98. The Kier molecular flexibility index (Phi) is 5.72. The minimum absolute atomic E-state index is 0.0853. The van der Waals surface area contributed by atoms with E-state index in [-0.39, 0.29) is 18.9 Å². The van der Waals surface area contributed by atoms with Crippen molar-refractivity contribution in [3.8, 4) is 11.1 Å². The molecule has 0 saturated heterocycles. The molecule has 0 radical (unpaired) electrons. The molecule has 5 rings (SSSR count). The van der Waals surface area contributed by atoms with Gasteiger partial charge in [-0.3, -0.25) is 4.98 Å². The molecule has 2 N–H and O–H groups in total. The van der Waals surface area contributed by atoms with Crippen molar-refractivity contribution in [2.75, 3.05) is 6.61 Å². The molecule has 6 heteroatoms. The number of carbonyl (C=O) groups is 2. The van der Waals surface area contributed by atoms with E-state index in [1.54, 1.807) is 0 Å². The average molecular weight is 453 g/mol. The van der Waals surface area contributed by atoms with E-state index < -0.39 is 18.1 Å². The molecule has 0 saturated carbocycles. The zero-order chi connectivity index (χ0) is 23.7. The highest BCUT2D eigenvalue weighted by atomic mass is 16.5. The first kappa shape index (κ1) is 21.6. The van der Waals surface area contributed by atoms with Crippen molar-refractivity contribution in [2.24, 2.45) is 0 Å². The van der Waals surface area contributed by atoms with Crippen LogP contribution in [0.2, 0.25) is 0 Å². The maximum absolute atomic E-state index is 12.6. The largest absolute Gasteiger partial charge is 0.480 e. The molecule has 34 heavy (non-hydrogen) atoms. The number of rotatable bonds is 6. The fourth-order valence-corrected chi connectivity index (χ4v) is 4.62. The van der Waals surface area contributed by atoms with Gasteiger partial charge in [-0.15, -0.1) is 0 Å². The number of carboxylic acids is 1. The molecule has 3 aromatic carbocycles. The number of carboxylic acid groups (broad SMARTS) is 1. The quantitative estimate of drug-likeness (QED) is 0.426. The van der Waals surface area contributed by atoms with Crippen LogP contribution in [0.3, 0.4) is 0 Å². The summed E-state index contributed by atoms with van der Waals surface area (Å²) in [5.41, 5.74) is 7.04. The minimum atomic E-state index is -1.12. The van der Waals surface area contributed by atoms with E-state index in [0.717, 1.165) is 44.4 Å². The fourth-order valence-electron chi connectivity index (χ4n) is 4.62. The molecule has 170 valence electrons. The molecule has 1 unspecified atom stereocenters. The van der Waals surface area contributed by atoms with Gasteiger partial charge in [0.15, 0.2) is 0 Å². The van der Waals surface area contributed by atoms with Crippen LogP contribution in [0.25, 0.3) is 22.0 Å². The Labute approximate surface area is 197 Å². The van der Waals surface area contributed by atoms with Crippen LogP contribution in [0.4, 0.5) is 4.79 Å². The molecule has 4 aromatic rings. The summed E-state index contributed by atoms with van der Waals surface area (Å²) >= 11 is 0. The van der Waals surface area contributed by atoms with Gasteiger partial charge in [-0.2, -0.15) is 0 Å². The van der Waals surface area contributed by atoms with Gasteiger partial charge in [0.25, 0.3) is 0 Å². The van der Waals surface area contributed by atoms with Crippen molar-refractivity contribution in [1.29, 1.82) is 0 Å². The van der Waals surface area contributed by atoms with E-state index in [0.29, 0.717) is 0 Å². The van der Waals surface area contributed by atoms with Gasteiger partial charge in [0.05, 0.1) is 5.52 Å². The van der Waals surface area contributed by atoms with E-state index in [4.69, 9.17) is 4.74 Å². The molecule has 0 fully saturated rings. The van der Waals surface area contributed by atoms with Crippen molar-refractivity contribution in [2.45, 2.75) is 25.3 Å². The maximum atomic E-state index is 12.6. The van der Waals surface area contributed by atoms with Gasteiger partial charge in [-0.05, 0) is 52.9 Å². The summed E-state index contributed by atoms with van der Waals surface area (Å²) < 4.78 is 5.52. The number of ether oxygens (including phenoxy) is 1. The number of nitrogens with zero attached hydrogens (tertiary/aromatic N) is 1. The first-order valence-electron chi connectivity index (χ1n) is 11.2. The third-order valence-corrected chi connectivity index (χ3v) is 6.27. The normalized spacial score (nSPS) is 13.2. The molecular weight excluding hydrogens is 428 g/mol. The van der Waals surface area contributed by atoms with Crippen LogP contribution in [0.5, 0.6) is 0 Å². The van der Waals surface area contributed by atoms with Gasteiger partial charge < -0.3 is 15.2 Å². The summed E-state index contributed by atoms with van der Waals surface area (Å²) in [7, 11) is 0. The molecule has 0 spiro atoms. The Morgan fingerprint density at radius 2 is 1.65 bits per heavy atom. The molecule has 0 aliphatic heterocycles. The Morgan fingerprint density at radius 1 is 0.971 bits per heavy atom. The second-order valence-corrected chi connectivity index (χ2v) is 8.54. The van der Waals surface area contributed by atoms with Gasteiger partial charge in [-0.1, -0.05) is 60.7 Å². The zero-order valence-electron chi connectivity index (χ0n) is 18.7. The molecule has 1 aliphatic carbocycles. The van der Waals surface area contributed by atoms with Crippen LogP contribution in [0.1, 0.15) is 28.3 Å². The van der Waals surface area contributed by atoms with Gasteiger partial charge in [-0.25, -0.2) is 9.59 Å². The van der Waals surface area contributed by atoms with E-state index in [2.05, 4.69) is 22.4 Å². The van der Waals surface area contributed by atoms with Crippen molar-refractivity contribution in [3.63, 3.8) is 0 Å². The molecule has 1 aromatic heterocycles. The van der Waals surface area contributed by atoms with E-state index in [1.165, 1.54) is 0 Å². The topological polar surface area (TPSA) is 88.5 Å². The first-order valence-corrected chi connectivity index (χ1v) is 11.2. The molecular formula is C28H24N2O4.